The molecule has 0 atom stereocenters. The van der Waals surface area contributed by atoms with Gasteiger partial charge in [-0.25, -0.2) is 13.8 Å². The average molecular weight is 323 g/mol. The van der Waals surface area contributed by atoms with Gasteiger partial charge < -0.3 is 5.32 Å². The van der Waals surface area contributed by atoms with Crippen molar-refractivity contribution in [3.8, 4) is 0 Å². The molecule has 0 saturated carbocycles. The highest BCUT2D eigenvalue weighted by Crippen LogP contribution is 2.29. The summed E-state index contributed by atoms with van der Waals surface area (Å²) in [4.78, 5) is 18.6. The van der Waals surface area contributed by atoms with Gasteiger partial charge in [-0.3, -0.25) is 9.69 Å². The van der Waals surface area contributed by atoms with E-state index < -0.39 is 11.6 Å². The molecule has 1 aliphatic heterocycles. The first-order valence-corrected chi connectivity index (χ1v) is 7.75. The van der Waals surface area contributed by atoms with Gasteiger partial charge in [-0.1, -0.05) is 0 Å². The van der Waals surface area contributed by atoms with Crippen LogP contribution in [0.1, 0.15) is 23.1 Å². The van der Waals surface area contributed by atoms with Crippen LogP contribution in [0.5, 0.6) is 0 Å². The number of benzene rings is 1. The first-order valence-electron chi connectivity index (χ1n) is 6.93. The minimum atomic E-state index is -0.431. The number of halogens is 2. The zero-order chi connectivity index (χ0) is 15.7. The first kappa shape index (κ1) is 15.1. The molecule has 4 nitrogen and oxygen atoms in total. The molecule has 0 bridgehead atoms. The van der Waals surface area contributed by atoms with Crippen LogP contribution in [0.25, 0.3) is 0 Å². The van der Waals surface area contributed by atoms with Crippen LogP contribution in [0.3, 0.4) is 0 Å². The van der Waals surface area contributed by atoms with Crippen LogP contribution in [0.4, 0.5) is 13.9 Å². The Kier molecular flexibility index (Phi) is 4.17. The summed E-state index contributed by atoms with van der Waals surface area (Å²) in [6.07, 6.45) is 0.738. The molecule has 22 heavy (non-hydrogen) atoms. The fourth-order valence-corrected chi connectivity index (χ4v) is 3.59. The van der Waals surface area contributed by atoms with Crippen molar-refractivity contribution in [2.75, 3.05) is 11.9 Å². The summed E-state index contributed by atoms with van der Waals surface area (Å²) in [6, 6.07) is 3.51. The molecule has 2 aromatic rings. The van der Waals surface area contributed by atoms with E-state index in [-0.39, 0.29) is 5.91 Å². The van der Waals surface area contributed by atoms with E-state index >= 15 is 0 Å². The average Bonchev–Trinajstić information content (AvgIpc) is 2.83. The van der Waals surface area contributed by atoms with Gasteiger partial charge in [-0.15, -0.1) is 11.3 Å². The molecule has 0 spiro atoms. The van der Waals surface area contributed by atoms with E-state index in [1.165, 1.54) is 24.3 Å². The topological polar surface area (TPSA) is 45.2 Å². The van der Waals surface area contributed by atoms with Crippen LogP contribution in [-0.2, 0) is 24.3 Å². The summed E-state index contributed by atoms with van der Waals surface area (Å²) in [6.45, 7) is 3.16. The molecule has 0 aliphatic carbocycles. The van der Waals surface area contributed by atoms with E-state index in [0.717, 1.165) is 35.7 Å². The molecule has 7 heteroatoms. The van der Waals surface area contributed by atoms with E-state index in [9.17, 15) is 13.6 Å². The minimum Gasteiger partial charge on any atom is -0.302 e. The summed E-state index contributed by atoms with van der Waals surface area (Å²) < 4.78 is 26.9. The minimum absolute atomic E-state index is 0.148. The molecule has 1 aromatic carbocycles. The van der Waals surface area contributed by atoms with Crippen molar-refractivity contribution in [1.29, 1.82) is 0 Å². The lowest BCUT2D eigenvalue weighted by Crippen LogP contribution is -2.29. The standard InChI is InChI=1S/C15H15F2N3OS/c1-9(21)18-15-19-13-4-5-20(8-14(13)22-15)7-10-6-11(16)2-3-12(10)17/h2-3,6H,4-5,7-8H2,1H3,(H,18,19,21). The number of hydrogen-bond acceptors (Lipinski definition) is 4. The van der Waals surface area contributed by atoms with Crippen molar-refractivity contribution in [3.05, 3.63) is 46.0 Å². The van der Waals surface area contributed by atoms with Gasteiger partial charge in [0.1, 0.15) is 11.6 Å². The number of aromatic nitrogens is 1. The fourth-order valence-electron chi connectivity index (χ4n) is 2.49. The van der Waals surface area contributed by atoms with Crippen LogP contribution < -0.4 is 5.32 Å². The van der Waals surface area contributed by atoms with Crippen LogP contribution in [-0.4, -0.2) is 22.3 Å². The Balaban J connectivity index is 1.72. The lowest BCUT2D eigenvalue weighted by Gasteiger charge is -2.25. The predicted octanol–water partition coefficient (Wildman–Crippen LogP) is 2.94. The van der Waals surface area contributed by atoms with Gasteiger partial charge in [-0.2, -0.15) is 0 Å². The third-order valence-corrected chi connectivity index (χ3v) is 4.49. The lowest BCUT2D eigenvalue weighted by atomic mass is 10.1. The van der Waals surface area contributed by atoms with Gasteiger partial charge in [0.15, 0.2) is 5.13 Å². The predicted molar refractivity (Wildman–Crippen MR) is 80.6 cm³/mol. The summed E-state index contributed by atoms with van der Waals surface area (Å²) in [7, 11) is 0. The van der Waals surface area contributed by atoms with E-state index in [1.54, 1.807) is 0 Å². The largest absolute Gasteiger partial charge is 0.302 e. The van der Waals surface area contributed by atoms with E-state index in [1.807, 2.05) is 0 Å². The number of anilines is 1. The van der Waals surface area contributed by atoms with E-state index in [2.05, 4.69) is 15.2 Å². The molecule has 3 rings (SSSR count). The van der Waals surface area contributed by atoms with Crippen molar-refractivity contribution in [2.24, 2.45) is 0 Å². The van der Waals surface area contributed by atoms with Crippen molar-refractivity contribution in [3.63, 3.8) is 0 Å². The molecule has 0 radical (unpaired) electrons. The third kappa shape index (κ3) is 3.31. The number of amides is 1. The number of thiazole rings is 1. The zero-order valence-corrected chi connectivity index (χ0v) is 12.8. The first-order chi connectivity index (χ1) is 10.5. The molecule has 1 aliphatic rings. The highest BCUT2D eigenvalue weighted by Gasteiger charge is 2.22. The molecule has 0 fully saturated rings. The number of rotatable bonds is 3. The van der Waals surface area contributed by atoms with Crippen molar-refractivity contribution >= 4 is 22.4 Å². The molecule has 0 saturated heterocycles. The maximum absolute atomic E-state index is 13.7. The maximum atomic E-state index is 13.7. The number of hydrogen-bond donors (Lipinski definition) is 1. The number of carbonyl (C=O) groups is 1. The second kappa shape index (κ2) is 6.10. The second-order valence-electron chi connectivity index (χ2n) is 5.27. The molecule has 0 unspecified atom stereocenters. The van der Waals surface area contributed by atoms with Crippen molar-refractivity contribution in [2.45, 2.75) is 26.4 Å². The highest BCUT2D eigenvalue weighted by atomic mass is 32.1. The van der Waals surface area contributed by atoms with Gasteiger partial charge in [0.05, 0.1) is 5.69 Å². The SMILES string of the molecule is CC(=O)Nc1nc2c(s1)CN(Cc1cc(F)ccc1F)CC2. The van der Waals surface area contributed by atoms with Gasteiger partial charge in [-0.05, 0) is 18.2 Å². The Bertz CT molecular complexity index is 717. The van der Waals surface area contributed by atoms with Crippen molar-refractivity contribution < 1.29 is 13.6 Å². The quantitative estimate of drug-likeness (QED) is 0.944. The molecule has 1 N–H and O–H groups in total. The molecule has 1 amide bonds. The fraction of sp³-hybridized carbons (Fsp3) is 0.333. The Morgan fingerprint density at radius 3 is 3.05 bits per heavy atom. The van der Waals surface area contributed by atoms with E-state index in [4.69, 9.17) is 0 Å². The molecular weight excluding hydrogens is 308 g/mol. The highest BCUT2D eigenvalue weighted by molar-refractivity contribution is 7.15. The van der Waals surface area contributed by atoms with Gasteiger partial charge >= 0.3 is 0 Å². The zero-order valence-electron chi connectivity index (χ0n) is 12.0. The maximum Gasteiger partial charge on any atom is 0.223 e. The number of fused-ring (bicyclic) bond motifs is 1. The van der Waals surface area contributed by atoms with Crippen LogP contribution in [0.2, 0.25) is 0 Å². The summed E-state index contributed by atoms with van der Waals surface area (Å²) in [5.41, 5.74) is 1.33. The second-order valence-corrected chi connectivity index (χ2v) is 6.35. The number of nitrogens with one attached hydrogen (secondary N) is 1. The van der Waals surface area contributed by atoms with Crippen LogP contribution in [0.15, 0.2) is 18.2 Å². The van der Waals surface area contributed by atoms with Gasteiger partial charge in [0.2, 0.25) is 5.91 Å². The van der Waals surface area contributed by atoms with Gasteiger partial charge in [0.25, 0.3) is 0 Å². The van der Waals surface area contributed by atoms with Crippen LogP contribution in [0, 0.1) is 11.6 Å². The summed E-state index contributed by atoms with van der Waals surface area (Å²) >= 11 is 1.43. The van der Waals surface area contributed by atoms with Crippen molar-refractivity contribution in [1.82, 2.24) is 9.88 Å². The third-order valence-electron chi connectivity index (χ3n) is 3.49. The normalized spacial score (nSPS) is 14.7. The Morgan fingerprint density at radius 1 is 1.45 bits per heavy atom. The monoisotopic (exact) mass is 323 g/mol. The Morgan fingerprint density at radius 2 is 2.27 bits per heavy atom. The molecule has 1 aromatic heterocycles. The molecule has 2 heterocycles. The van der Waals surface area contributed by atoms with Gasteiger partial charge in [0, 0.05) is 43.4 Å². The number of carbonyl (C=O) groups excluding carboxylic acids is 1. The smallest absolute Gasteiger partial charge is 0.223 e. The summed E-state index contributed by atoms with van der Waals surface area (Å²) in [5, 5.41) is 3.28. The summed E-state index contributed by atoms with van der Waals surface area (Å²) in [5.74, 6) is -0.972. The van der Waals surface area contributed by atoms with E-state index in [0.29, 0.717) is 23.8 Å². The lowest BCUT2D eigenvalue weighted by molar-refractivity contribution is -0.114. The Labute approximate surface area is 130 Å². The Hall–Kier alpha value is -1.86. The molecule has 116 valence electrons. The van der Waals surface area contributed by atoms with Crippen LogP contribution >= 0.6 is 11.3 Å². The molecular formula is C15H15F2N3OS. The number of nitrogens with zero attached hydrogens (tertiary/aromatic N) is 2.